The number of anilines is 2. The number of hydrogen-bond donors (Lipinski definition) is 1. The number of carbonyl (C=O) groups is 1. The SMILES string of the molecule is CCC1CCCCN1c1ccc(NC(=O)c2cccnc2)cc1. The Kier molecular flexibility index (Phi) is 4.91. The number of benzene rings is 1. The minimum absolute atomic E-state index is 0.129. The summed E-state index contributed by atoms with van der Waals surface area (Å²) in [5.41, 5.74) is 2.63. The maximum Gasteiger partial charge on any atom is 0.257 e. The van der Waals surface area contributed by atoms with E-state index in [9.17, 15) is 4.79 Å². The lowest BCUT2D eigenvalue weighted by Crippen LogP contribution is -2.39. The van der Waals surface area contributed by atoms with Gasteiger partial charge in [0.2, 0.25) is 0 Å². The van der Waals surface area contributed by atoms with Gasteiger partial charge >= 0.3 is 0 Å². The van der Waals surface area contributed by atoms with Gasteiger partial charge in [-0.25, -0.2) is 0 Å². The number of nitrogens with one attached hydrogen (secondary N) is 1. The molecule has 1 amide bonds. The van der Waals surface area contributed by atoms with Crippen molar-refractivity contribution in [3.8, 4) is 0 Å². The molecule has 0 bridgehead atoms. The Balaban J connectivity index is 1.68. The van der Waals surface area contributed by atoms with Gasteiger partial charge in [-0.15, -0.1) is 0 Å². The fourth-order valence-corrected chi connectivity index (χ4v) is 3.20. The third-order valence-electron chi connectivity index (χ3n) is 4.48. The Morgan fingerprint density at radius 3 is 2.78 bits per heavy atom. The van der Waals surface area contributed by atoms with Crippen LogP contribution in [0.5, 0.6) is 0 Å². The first-order chi connectivity index (χ1) is 11.3. The molecule has 1 aliphatic rings. The Morgan fingerprint density at radius 2 is 2.09 bits per heavy atom. The van der Waals surface area contributed by atoms with Gasteiger partial charge in [-0.1, -0.05) is 6.92 Å². The molecule has 1 fully saturated rings. The Hall–Kier alpha value is -2.36. The highest BCUT2D eigenvalue weighted by Gasteiger charge is 2.20. The quantitative estimate of drug-likeness (QED) is 0.924. The van der Waals surface area contributed by atoms with E-state index in [1.165, 1.54) is 31.4 Å². The van der Waals surface area contributed by atoms with E-state index in [0.29, 0.717) is 11.6 Å². The standard InChI is InChI=1S/C19H23N3O/c1-2-17-7-3-4-13-22(17)18-10-8-16(9-11-18)21-19(23)15-6-5-12-20-14-15/h5-6,8-12,14,17H,2-4,7,13H2,1H3,(H,21,23). The molecule has 1 aliphatic heterocycles. The molecule has 1 aromatic carbocycles. The lowest BCUT2D eigenvalue weighted by Gasteiger charge is -2.37. The number of aromatic nitrogens is 1. The van der Waals surface area contributed by atoms with Crippen LogP contribution < -0.4 is 10.2 Å². The van der Waals surface area contributed by atoms with E-state index in [1.807, 2.05) is 12.1 Å². The fraction of sp³-hybridized carbons (Fsp3) is 0.368. The van der Waals surface area contributed by atoms with Crippen LogP contribution in [0.3, 0.4) is 0 Å². The maximum atomic E-state index is 12.1. The van der Waals surface area contributed by atoms with Gasteiger partial charge in [0.1, 0.15) is 0 Å². The predicted molar refractivity (Wildman–Crippen MR) is 93.9 cm³/mol. The summed E-state index contributed by atoms with van der Waals surface area (Å²) in [6.45, 7) is 3.38. The second-order valence-corrected chi connectivity index (χ2v) is 5.99. The van der Waals surface area contributed by atoms with Gasteiger partial charge in [-0.2, -0.15) is 0 Å². The minimum Gasteiger partial charge on any atom is -0.369 e. The van der Waals surface area contributed by atoms with E-state index >= 15 is 0 Å². The number of hydrogen-bond acceptors (Lipinski definition) is 3. The van der Waals surface area contributed by atoms with Crippen LogP contribution >= 0.6 is 0 Å². The van der Waals surface area contributed by atoms with Crippen molar-refractivity contribution in [3.05, 3.63) is 54.4 Å². The largest absolute Gasteiger partial charge is 0.369 e. The Bertz CT molecular complexity index is 639. The fourth-order valence-electron chi connectivity index (χ4n) is 3.20. The number of pyridine rings is 1. The average molecular weight is 309 g/mol. The maximum absolute atomic E-state index is 12.1. The van der Waals surface area contributed by atoms with Crippen molar-refractivity contribution in [1.29, 1.82) is 0 Å². The second-order valence-electron chi connectivity index (χ2n) is 5.99. The topological polar surface area (TPSA) is 45.2 Å². The van der Waals surface area contributed by atoms with Gasteiger partial charge < -0.3 is 10.2 Å². The molecule has 2 aromatic rings. The molecule has 23 heavy (non-hydrogen) atoms. The second kappa shape index (κ2) is 7.27. The zero-order valence-electron chi connectivity index (χ0n) is 13.5. The molecule has 0 radical (unpaired) electrons. The molecule has 0 saturated carbocycles. The van der Waals surface area contributed by atoms with E-state index < -0.39 is 0 Å². The van der Waals surface area contributed by atoms with E-state index in [2.05, 4.69) is 34.3 Å². The summed E-state index contributed by atoms with van der Waals surface area (Å²) in [5, 5.41) is 2.92. The molecule has 1 unspecified atom stereocenters. The van der Waals surface area contributed by atoms with Crippen molar-refractivity contribution in [2.24, 2.45) is 0 Å². The normalized spacial score (nSPS) is 17.8. The summed E-state index contributed by atoms with van der Waals surface area (Å²) in [5.74, 6) is -0.129. The number of carbonyl (C=O) groups excluding carboxylic acids is 1. The zero-order valence-corrected chi connectivity index (χ0v) is 13.5. The first-order valence-electron chi connectivity index (χ1n) is 8.36. The number of amides is 1. The third kappa shape index (κ3) is 3.70. The first kappa shape index (κ1) is 15.5. The van der Waals surface area contributed by atoms with E-state index in [0.717, 1.165) is 12.2 Å². The Labute approximate surface area is 137 Å². The number of rotatable bonds is 4. The molecule has 4 nitrogen and oxygen atoms in total. The summed E-state index contributed by atoms with van der Waals surface area (Å²) >= 11 is 0. The van der Waals surface area contributed by atoms with Crippen molar-refractivity contribution >= 4 is 17.3 Å². The molecule has 1 aromatic heterocycles. The highest BCUT2D eigenvalue weighted by atomic mass is 16.1. The van der Waals surface area contributed by atoms with Crippen LogP contribution in [0, 0.1) is 0 Å². The summed E-state index contributed by atoms with van der Waals surface area (Å²) in [7, 11) is 0. The van der Waals surface area contributed by atoms with Gasteiger partial charge in [0.15, 0.2) is 0 Å². The molecular formula is C19H23N3O. The van der Waals surface area contributed by atoms with Crippen LogP contribution in [0.2, 0.25) is 0 Å². The average Bonchev–Trinajstić information content (AvgIpc) is 2.63. The van der Waals surface area contributed by atoms with Gasteiger partial charge in [0.05, 0.1) is 5.56 Å². The van der Waals surface area contributed by atoms with Crippen LogP contribution in [0.1, 0.15) is 43.0 Å². The van der Waals surface area contributed by atoms with Crippen molar-refractivity contribution < 1.29 is 4.79 Å². The molecular weight excluding hydrogens is 286 g/mol. The zero-order chi connectivity index (χ0) is 16.1. The summed E-state index contributed by atoms with van der Waals surface area (Å²) in [6, 6.07) is 12.3. The molecule has 1 N–H and O–H groups in total. The summed E-state index contributed by atoms with van der Waals surface area (Å²) in [6.07, 6.45) is 8.28. The van der Waals surface area contributed by atoms with Gasteiger partial charge in [-0.05, 0) is 62.1 Å². The van der Waals surface area contributed by atoms with E-state index in [4.69, 9.17) is 0 Å². The highest BCUT2D eigenvalue weighted by Crippen LogP contribution is 2.27. The van der Waals surface area contributed by atoms with Crippen LogP contribution in [-0.2, 0) is 0 Å². The molecule has 2 heterocycles. The van der Waals surface area contributed by atoms with Gasteiger partial charge in [-0.3, -0.25) is 9.78 Å². The molecule has 4 heteroatoms. The molecule has 120 valence electrons. The third-order valence-corrected chi connectivity index (χ3v) is 4.48. The van der Waals surface area contributed by atoms with Crippen LogP contribution in [-0.4, -0.2) is 23.5 Å². The monoisotopic (exact) mass is 309 g/mol. The van der Waals surface area contributed by atoms with Crippen LogP contribution in [0.25, 0.3) is 0 Å². The lowest BCUT2D eigenvalue weighted by atomic mass is 9.99. The van der Waals surface area contributed by atoms with Gasteiger partial charge in [0.25, 0.3) is 5.91 Å². The highest BCUT2D eigenvalue weighted by molar-refractivity contribution is 6.04. The van der Waals surface area contributed by atoms with Crippen LogP contribution in [0.15, 0.2) is 48.8 Å². The van der Waals surface area contributed by atoms with Crippen molar-refractivity contribution in [3.63, 3.8) is 0 Å². The van der Waals surface area contributed by atoms with Crippen LogP contribution in [0.4, 0.5) is 11.4 Å². The Morgan fingerprint density at radius 1 is 1.26 bits per heavy atom. The smallest absolute Gasteiger partial charge is 0.257 e. The minimum atomic E-state index is -0.129. The molecule has 0 spiro atoms. The van der Waals surface area contributed by atoms with E-state index in [-0.39, 0.29) is 5.91 Å². The molecule has 0 aliphatic carbocycles. The van der Waals surface area contributed by atoms with Crippen molar-refractivity contribution in [1.82, 2.24) is 4.98 Å². The summed E-state index contributed by atoms with van der Waals surface area (Å²) < 4.78 is 0. The number of piperidine rings is 1. The first-order valence-corrected chi connectivity index (χ1v) is 8.36. The van der Waals surface area contributed by atoms with E-state index in [1.54, 1.807) is 24.5 Å². The van der Waals surface area contributed by atoms with Crippen molar-refractivity contribution in [2.45, 2.75) is 38.6 Å². The molecule has 3 rings (SSSR count). The van der Waals surface area contributed by atoms with Crippen molar-refractivity contribution in [2.75, 3.05) is 16.8 Å². The summed E-state index contributed by atoms with van der Waals surface area (Å²) in [4.78, 5) is 18.6. The predicted octanol–water partition coefficient (Wildman–Crippen LogP) is 4.10. The lowest BCUT2D eigenvalue weighted by molar-refractivity contribution is 0.102. The molecule has 1 saturated heterocycles. The molecule has 1 atom stereocenters. The van der Waals surface area contributed by atoms with Gasteiger partial charge in [0, 0.05) is 36.4 Å². The number of nitrogens with zero attached hydrogens (tertiary/aromatic N) is 2.